The van der Waals surface area contributed by atoms with E-state index in [0.717, 1.165) is 31.7 Å². The van der Waals surface area contributed by atoms with Crippen LogP contribution in [0.3, 0.4) is 0 Å². The standard InChI is InChI=1S/C14H24N2O2S/c1-4-11-16(12-10-15-3)13-8-6-7-9-14(13)19(17,18)5-2/h6-9,15H,4-5,10-12H2,1-3H3. The minimum absolute atomic E-state index is 0.135. The maximum atomic E-state index is 12.2. The van der Waals surface area contributed by atoms with Crippen molar-refractivity contribution in [1.29, 1.82) is 0 Å². The Morgan fingerprint density at radius 1 is 1.16 bits per heavy atom. The minimum atomic E-state index is -3.18. The molecule has 0 radical (unpaired) electrons. The number of hydrogen-bond acceptors (Lipinski definition) is 4. The average Bonchev–Trinajstić information content (AvgIpc) is 2.43. The van der Waals surface area contributed by atoms with Crippen LogP contribution in [-0.4, -0.2) is 40.9 Å². The summed E-state index contributed by atoms with van der Waals surface area (Å²) in [5.41, 5.74) is 0.821. The summed E-state index contributed by atoms with van der Waals surface area (Å²) < 4.78 is 24.3. The highest BCUT2D eigenvalue weighted by atomic mass is 32.2. The third kappa shape index (κ3) is 4.21. The summed E-state index contributed by atoms with van der Waals surface area (Å²) in [6.07, 6.45) is 0.990. The van der Waals surface area contributed by atoms with Crippen molar-refractivity contribution in [2.24, 2.45) is 0 Å². The van der Waals surface area contributed by atoms with Gasteiger partial charge >= 0.3 is 0 Å². The van der Waals surface area contributed by atoms with Crippen LogP contribution in [0.25, 0.3) is 0 Å². The van der Waals surface area contributed by atoms with E-state index in [9.17, 15) is 8.42 Å². The molecule has 0 atom stereocenters. The van der Waals surface area contributed by atoms with Crippen molar-refractivity contribution >= 4 is 15.5 Å². The van der Waals surface area contributed by atoms with Gasteiger partial charge in [0.2, 0.25) is 0 Å². The molecule has 0 fully saturated rings. The molecule has 0 aliphatic rings. The molecule has 19 heavy (non-hydrogen) atoms. The van der Waals surface area contributed by atoms with Crippen molar-refractivity contribution in [3.63, 3.8) is 0 Å². The Labute approximate surface area is 116 Å². The first-order valence-corrected chi connectivity index (χ1v) is 8.43. The Balaban J connectivity index is 3.15. The number of anilines is 1. The van der Waals surface area contributed by atoms with Crippen LogP contribution in [0.4, 0.5) is 5.69 Å². The second-order valence-corrected chi connectivity index (χ2v) is 6.71. The molecule has 0 aliphatic carbocycles. The molecule has 5 heteroatoms. The SMILES string of the molecule is CCCN(CCNC)c1ccccc1S(=O)(=O)CC. The normalized spacial score (nSPS) is 11.5. The number of sulfone groups is 1. The van der Waals surface area contributed by atoms with Gasteiger partial charge in [-0.1, -0.05) is 26.0 Å². The van der Waals surface area contributed by atoms with Gasteiger partial charge in [0.25, 0.3) is 0 Å². The molecule has 0 unspecified atom stereocenters. The lowest BCUT2D eigenvalue weighted by atomic mass is 10.2. The molecule has 0 saturated heterocycles. The quantitative estimate of drug-likeness (QED) is 0.792. The molecule has 0 saturated carbocycles. The van der Waals surface area contributed by atoms with Gasteiger partial charge in [0.15, 0.2) is 9.84 Å². The monoisotopic (exact) mass is 284 g/mol. The Hall–Kier alpha value is -1.07. The second kappa shape index (κ2) is 7.50. The number of nitrogens with zero attached hydrogens (tertiary/aromatic N) is 1. The summed E-state index contributed by atoms with van der Waals surface area (Å²) in [6, 6.07) is 7.28. The lowest BCUT2D eigenvalue weighted by molar-refractivity contribution is 0.596. The van der Waals surface area contributed by atoms with Gasteiger partial charge in [-0.3, -0.25) is 0 Å². The van der Waals surface area contributed by atoms with Crippen molar-refractivity contribution in [3.8, 4) is 0 Å². The zero-order valence-electron chi connectivity index (χ0n) is 12.0. The van der Waals surface area contributed by atoms with Crippen LogP contribution in [0, 0.1) is 0 Å². The van der Waals surface area contributed by atoms with E-state index in [4.69, 9.17) is 0 Å². The number of rotatable bonds is 8. The van der Waals surface area contributed by atoms with Crippen LogP contribution in [0.1, 0.15) is 20.3 Å². The van der Waals surface area contributed by atoms with Crippen LogP contribution in [0.2, 0.25) is 0 Å². The molecule has 0 amide bonds. The average molecular weight is 284 g/mol. The highest BCUT2D eigenvalue weighted by Gasteiger charge is 2.19. The fourth-order valence-electron chi connectivity index (χ4n) is 2.01. The Morgan fingerprint density at radius 3 is 2.42 bits per heavy atom. The molecule has 1 N–H and O–H groups in total. The first-order valence-electron chi connectivity index (χ1n) is 6.78. The van der Waals surface area contributed by atoms with Gasteiger partial charge in [0.05, 0.1) is 16.3 Å². The molecule has 108 valence electrons. The van der Waals surface area contributed by atoms with Gasteiger partial charge in [-0.25, -0.2) is 8.42 Å². The Kier molecular flexibility index (Phi) is 6.31. The topological polar surface area (TPSA) is 49.4 Å². The highest BCUT2D eigenvalue weighted by Crippen LogP contribution is 2.26. The maximum absolute atomic E-state index is 12.2. The lowest BCUT2D eigenvalue weighted by Crippen LogP contribution is -2.32. The Morgan fingerprint density at radius 2 is 1.84 bits per heavy atom. The van der Waals surface area contributed by atoms with Gasteiger partial charge in [0, 0.05) is 19.6 Å². The summed E-state index contributed by atoms with van der Waals surface area (Å²) in [5.74, 6) is 0.135. The molecular weight excluding hydrogens is 260 g/mol. The van der Waals surface area contributed by atoms with Gasteiger partial charge in [0.1, 0.15) is 0 Å². The largest absolute Gasteiger partial charge is 0.369 e. The summed E-state index contributed by atoms with van der Waals surface area (Å²) in [4.78, 5) is 2.58. The first-order chi connectivity index (χ1) is 9.06. The molecule has 4 nitrogen and oxygen atoms in total. The Bertz CT molecular complexity index is 486. The van der Waals surface area contributed by atoms with Gasteiger partial charge in [-0.2, -0.15) is 0 Å². The van der Waals surface area contributed by atoms with Gasteiger partial charge in [-0.15, -0.1) is 0 Å². The first kappa shape index (κ1) is 16.0. The van der Waals surface area contributed by atoms with E-state index < -0.39 is 9.84 Å². The van der Waals surface area contributed by atoms with Crippen molar-refractivity contribution in [2.45, 2.75) is 25.2 Å². The molecule has 1 aromatic rings. The molecule has 0 aromatic heterocycles. The van der Waals surface area contributed by atoms with E-state index in [0.29, 0.717) is 4.90 Å². The van der Waals surface area contributed by atoms with Crippen molar-refractivity contribution in [2.75, 3.05) is 37.3 Å². The predicted octanol–water partition coefficient (Wildman–Crippen LogP) is 1.92. The smallest absolute Gasteiger partial charge is 0.180 e. The van der Waals surface area contributed by atoms with E-state index >= 15 is 0 Å². The van der Waals surface area contributed by atoms with Crippen LogP contribution in [0.5, 0.6) is 0 Å². The number of benzene rings is 1. The van der Waals surface area contributed by atoms with Crippen LogP contribution >= 0.6 is 0 Å². The summed E-state index contributed by atoms with van der Waals surface area (Å²) >= 11 is 0. The second-order valence-electron chi connectivity index (χ2n) is 4.46. The van der Waals surface area contributed by atoms with E-state index in [-0.39, 0.29) is 5.75 Å². The molecule has 1 aromatic carbocycles. The predicted molar refractivity (Wildman–Crippen MR) is 80.6 cm³/mol. The van der Waals surface area contributed by atoms with E-state index in [1.807, 2.05) is 19.2 Å². The van der Waals surface area contributed by atoms with E-state index in [1.54, 1.807) is 19.1 Å². The number of hydrogen-bond donors (Lipinski definition) is 1. The highest BCUT2D eigenvalue weighted by molar-refractivity contribution is 7.91. The molecule has 0 heterocycles. The molecule has 0 spiro atoms. The third-order valence-corrected chi connectivity index (χ3v) is 4.82. The van der Waals surface area contributed by atoms with Gasteiger partial charge in [-0.05, 0) is 25.6 Å². The third-order valence-electron chi connectivity index (χ3n) is 3.05. The molecule has 1 rings (SSSR count). The van der Waals surface area contributed by atoms with E-state index in [2.05, 4.69) is 17.1 Å². The zero-order chi connectivity index (χ0) is 14.3. The van der Waals surface area contributed by atoms with Crippen molar-refractivity contribution < 1.29 is 8.42 Å². The zero-order valence-corrected chi connectivity index (χ0v) is 12.8. The van der Waals surface area contributed by atoms with E-state index in [1.165, 1.54) is 0 Å². The lowest BCUT2D eigenvalue weighted by Gasteiger charge is -2.26. The minimum Gasteiger partial charge on any atom is -0.369 e. The van der Waals surface area contributed by atoms with Crippen LogP contribution in [-0.2, 0) is 9.84 Å². The number of likely N-dealkylation sites (N-methyl/N-ethyl adjacent to an activating group) is 1. The van der Waals surface area contributed by atoms with Crippen LogP contribution < -0.4 is 10.2 Å². The van der Waals surface area contributed by atoms with Crippen molar-refractivity contribution in [3.05, 3.63) is 24.3 Å². The summed E-state index contributed by atoms with van der Waals surface area (Å²) in [6.45, 7) is 6.28. The maximum Gasteiger partial charge on any atom is 0.180 e. The van der Waals surface area contributed by atoms with Crippen LogP contribution in [0.15, 0.2) is 29.2 Å². The molecule has 0 bridgehead atoms. The summed E-state index contributed by atoms with van der Waals surface area (Å²) in [7, 11) is -1.28. The number of nitrogens with one attached hydrogen (secondary N) is 1. The fraction of sp³-hybridized carbons (Fsp3) is 0.571. The number of para-hydroxylation sites is 1. The van der Waals surface area contributed by atoms with Gasteiger partial charge < -0.3 is 10.2 Å². The van der Waals surface area contributed by atoms with Crippen molar-refractivity contribution in [1.82, 2.24) is 5.32 Å². The molecule has 0 aliphatic heterocycles. The molecular formula is C14H24N2O2S. The summed E-state index contributed by atoms with van der Waals surface area (Å²) in [5, 5.41) is 3.11. The fourth-order valence-corrected chi connectivity index (χ4v) is 3.12.